The smallest absolute Gasteiger partial charge is 0.150 e. The molecule has 6 heteroatoms. The Kier molecular flexibility index (Phi) is 5.21. The van der Waals surface area contributed by atoms with E-state index in [1.165, 1.54) is 0 Å². The first-order valence-corrected chi connectivity index (χ1v) is 9.10. The van der Waals surface area contributed by atoms with Gasteiger partial charge in [0.15, 0.2) is 5.65 Å². The van der Waals surface area contributed by atoms with Gasteiger partial charge in [0, 0.05) is 31.1 Å². The SMILES string of the molecule is COCCNc1ncnc2c1c(-c1ccccc1)cn2-c1ccc(OC)cc1. The summed E-state index contributed by atoms with van der Waals surface area (Å²) in [6.07, 6.45) is 3.70. The maximum absolute atomic E-state index is 5.28. The van der Waals surface area contributed by atoms with Crippen LogP contribution in [-0.2, 0) is 4.74 Å². The highest BCUT2D eigenvalue weighted by Gasteiger charge is 2.17. The molecule has 0 bridgehead atoms. The number of nitrogens with one attached hydrogen (secondary N) is 1. The second-order valence-corrected chi connectivity index (χ2v) is 6.32. The van der Waals surface area contributed by atoms with Crippen LogP contribution in [-0.4, -0.2) is 41.9 Å². The molecule has 0 unspecified atom stereocenters. The Morgan fingerprint density at radius 3 is 2.46 bits per heavy atom. The van der Waals surface area contributed by atoms with Gasteiger partial charge in [0.05, 0.1) is 19.1 Å². The zero-order valence-corrected chi connectivity index (χ0v) is 15.9. The number of nitrogens with zero attached hydrogens (tertiary/aromatic N) is 3. The average molecular weight is 374 g/mol. The number of methoxy groups -OCH3 is 2. The molecule has 0 aliphatic heterocycles. The number of fused-ring (bicyclic) bond motifs is 1. The van der Waals surface area contributed by atoms with Crippen LogP contribution in [0, 0.1) is 0 Å². The van der Waals surface area contributed by atoms with E-state index in [1.807, 2.05) is 42.5 Å². The molecule has 142 valence electrons. The van der Waals surface area contributed by atoms with Gasteiger partial charge in [-0.05, 0) is 29.8 Å². The monoisotopic (exact) mass is 374 g/mol. The zero-order chi connectivity index (χ0) is 19.3. The van der Waals surface area contributed by atoms with Crippen molar-refractivity contribution in [2.45, 2.75) is 0 Å². The minimum absolute atomic E-state index is 0.603. The maximum atomic E-state index is 5.28. The van der Waals surface area contributed by atoms with Gasteiger partial charge in [-0.2, -0.15) is 0 Å². The lowest BCUT2D eigenvalue weighted by molar-refractivity contribution is 0.210. The molecule has 0 saturated heterocycles. The van der Waals surface area contributed by atoms with Crippen molar-refractivity contribution in [1.29, 1.82) is 0 Å². The summed E-state index contributed by atoms with van der Waals surface area (Å²) in [4.78, 5) is 9.07. The highest BCUT2D eigenvalue weighted by molar-refractivity contribution is 6.02. The van der Waals surface area contributed by atoms with E-state index in [4.69, 9.17) is 9.47 Å². The summed E-state index contributed by atoms with van der Waals surface area (Å²) in [5.74, 6) is 1.62. The minimum atomic E-state index is 0.603. The number of hydrogen-bond acceptors (Lipinski definition) is 5. The molecule has 28 heavy (non-hydrogen) atoms. The quantitative estimate of drug-likeness (QED) is 0.492. The largest absolute Gasteiger partial charge is 0.497 e. The van der Waals surface area contributed by atoms with E-state index in [9.17, 15) is 0 Å². The fourth-order valence-corrected chi connectivity index (χ4v) is 3.24. The Hall–Kier alpha value is -3.38. The summed E-state index contributed by atoms with van der Waals surface area (Å²) in [6.45, 7) is 1.27. The minimum Gasteiger partial charge on any atom is -0.497 e. The highest BCUT2D eigenvalue weighted by atomic mass is 16.5. The van der Waals surface area contributed by atoms with Crippen LogP contribution < -0.4 is 10.1 Å². The first kappa shape index (κ1) is 18.0. The van der Waals surface area contributed by atoms with E-state index >= 15 is 0 Å². The van der Waals surface area contributed by atoms with Gasteiger partial charge in [0.2, 0.25) is 0 Å². The van der Waals surface area contributed by atoms with Gasteiger partial charge >= 0.3 is 0 Å². The highest BCUT2D eigenvalue weighted by Crippen LogP contribution is 2.35. The molecular weight excluding hydrogens is 352 g/mol. The van der Waals surface area contributed by atoms with Crippen molar-refractivity contribution in [2.75, 3.05) is 32.7 Å². The molecule has 0 aliphatic rings. The number of anilines is 1. The Balaban J connectivity index is 1.90. The molecule has 0 spiro atoms. The molecule has 2 aromatic carbocycles. The second kappa shape index (κ2) is 8.10. The molecule has 1 N–H and O–H groups in total. The van der Waals surface area contributed by atoms with E-state index in [2.05, 4.69) is 38.2 Å². The zero-order valence-electron chi connectivity index (χ0n) is 15.9. The Morgan fingerprint density at radius 1 is 0.964 bits per heavy atom. The van der Waals surface area contributed by atoms with Crippen molar-refractivity contribution in [3.05, 3.63) is 67.1 Å². The summed E-state index contributed by atoms with van der Waals surface area (Å²) in [7, 11) is 3.35. The molecule has 4 aromatic rings. The Bertz CT molecular complexity index is 1060. The van der Waals surface area contributed by atoms with Crippen molar-refractivity contribution in [3.8, 4) is 22.6 Å². The number of ether oxygens (including phenoxy) is 2. The fraction of sp³-hybridized carbons (Fsp3) is 0.182. The van der Waals surface area contributed by atoms with Crippen molar-refractivity contribution in [2.24, 2.45) is 0 Å². The van der Waals surface area contributed by atoms with E-state index < -0.39 is 0 Å². The lowest BCUT2D eigenvalue weighted by Crippen LogP contribution is -2.09. The van der Waals surface area contributed by atoms with Crippen molar-refractivity contribution < 1.29 is 9.47 Å². The molecule has 4 rings (SSSR count). The average Bonchev–Trinajstić information content (AvgIpc) is 3.15. The van der Waals surface area contributed by atoms with Crippen molar-refractivity contribution in [1.82, 2.24) is 14.5 Å². The number of aromatic nitrogens is 3. The van der Waals surface area contributed by atoms with Crippen LogP contribution in [0.15, 0.2) is 67.1 Å². The molecule has 2 heterocycles. The molecule has 0 fully saturated rings. The second-order valence-electron chi connectivity index (χ2n) is 6.32. The van der Waals surface area contributed by atoms with Gasteiger partial charge in [-0.25, -0.2) is 9.97 Å². The van der Waals surface area contributed by atoms with Crippen LogP contribution in [0.2, 0.25) is 0 Å². The summed E-state index contributed by atoms with van der Waals surface area (Å²) in [5.41, 5.74) is 4.05. The third kappa shape index (κ3) is 3.42. The van der Waals surface area contributed by atoms with Gasteiger partial charge in [0.1, 0.15) is 17.9 Å². The fourth-order valence-electron chi connectivity index (χ4n) is 3.24. The van der Waals surface area contributed by atoms with Crippen LogP contribution >= 0.6 is 0 Å². The number of benzene rings is 2. The van der Waals surface area contributed by atoms with Crippen LogP contribution in [0.1, 0.15) is 0 Å². The lowest BCUT2D eigenvalue weighted by Gasteiger charge is -2.08. The van der Waals surface area contributed by atoms with E-state index in [0.717, 1.165) is 39.4 Å². The van der Waals surface area contributed by atoms with Gasteiger partial charge in [-0.15, -0.1) is 0 Å². The normalized spacial score (nSPS) is 10.9. The third-order valence-corrected chi connectivity index (χ3v) is 4.62. The summed E-state index contributed by atoms with van der Waals surface area (Å²) in [6, 6.07) is 18.2. The van der Waals surface area contributed by atoms with Crippen LogP contribution in [0.4, 0.5) is 5.82 Å². The predicted octanol–water partition coefficient (Wildman–Crippen LogP) is 4.15. The van der Waals surface area contributed by atoms with Crippen LogP contribution in [0.25, 0.3) is 27.8 Å². The molecule has 2 aromatic heterocycles. The van der Waals surface area contributed by atoms with Gasteiger partial charge in [-0.3, -0.25) is 0 Å². The molecule has 0 amide bonds. The summed E-state index contributed by atoms with van der Waals surface area (Å²) in [5, 5.41) is 4.36. The standard InChI is InChI=1S/C22H22N4O2/c1-27-13-12-23-21-20-19(16-6-4-3-5-7-16)14-26(22(20)25-15-24-21)17-8-10-18(28-2)11-9-17/h3-11,14-15H,12-13H2,1-2H3,(H,23,24,25). The molecular formula is C22H22N4O2. The van der Waals surface area contributed by atoms with Crippen molar-refractivity contribution >= 4 is 16.9 Å². The van der Waals surface area contributed by atoms with E-state index in [1.54, 1.807) is 20.5 Å². The first-order valence-electron chi connectivity index (χ1n) is 9.10. The molecule has 0 aliphatic carbocycles. The van der Waals surface area contributed by atoms with Crippen LogP contribution in [0.3, 0.4) is 0 Å². The van der Waals surface area contributed by atoms with Crippen molar-refractivity contribution in [3.63, 3.8) is 0 Å². The maximum Gasteiger partial charge on any atom is 0.150 e. The number of hydrogen-bond donors (Lipinski definition) is 1. The van der Waals surface area contributed by atoms with Gasteiger partial charge < -0.3 is 19.4 Å². The molecule has 0 radical (unpaired) electrons. The predicted molar refractivity (Wildman–Crippen MR) is 111 cm³/mol. The molecule has 0 saturated carbocycles. The first-order chi connectivity index (χ1) is 13.8. The van der Waals surface area contributed by atoms with E-state index in [-0.39, 0.29) is 0 Å². The Morgan fingerprint density at radius 2 is 1.75 bits per heavy atom. The Labute approximate surface area is 163 Å². The van der Waals surface area contributed by atoms with E-state index in [0.29, 0.717) is 13.2 Å². The topological polar surface area (TPSA) is 61.2 Å². The number of rotatable bonds is 7. The summed E-state index contributed by atoms with van der Waals surface area (Å²) < 4.78 is 12.5. The van der Waals surface area contributed by atoms with Gasteiger partial charge in [-0.1, -0.05) is 30.3 Å². The molecule has 0 atom stereocenters. The molecule has 6 nitrogen and oxygen atoms in total. The lowest BCUT2D eigenvalue weighted by atomic mass is 10.1. The van der Waals surface area contributed by atoms with Crippen LogP contribution in [0.5, 0.6) is 5.75 Å². The van der Waals surface area contributed by atoms with Gasteiger partial charge in [0.25, 0.3) is 0 Å². The third-order valence-electron chi connectivity index (χ3n) is 4.62. The summed E-state index contributed by atoms with van der Waals surface area (Å²) >= 11 is 0.